The predicted molar refractivity (Wildman–Crippen MR) is 116 cm³/mol. The van der Waals surface area contributed by atoms with Crippen LogP contribution in [0.25, 0.3) is 0 Å². The molecular weight excluding hydrogens is 400 g/mol. The van der Waals surface area contributed by atoms with Gasteiger partial charge in [-0.15, -0.1) is 0 Å². The van der Waals surface area contributed by atoms with Crippen molar-refractivity contribution in [1.29, 1.82) is 0 Å². The maximum absolute atomic E-state index is 12.3. The van der Waals surface area contributed by atoms with Crippen LogP contribution in [0.2, 0.25) is 0 Å². The second-order valence-corrected chi connectivity index (χ2v) is 9.67. The molecule has 1 aliphatic heterocycles. The third-order valence-electron chi connectivity index (χ3n) is 5.85. The third kappa shape index (κ3) is 5.78. The van der Waals surface area contributed by atoms with Crippen molar-refractivity contribution in [1.82, 2.24) is 9.80 Å². The lowest BCUT2D eigenvalue weighted by molar-refractivity contribution is 0.200. The molecule has 3 rings (SSSR count). The molecule has 0 N–H and O–H groups in total. The SMILES string of the molecule is CN1C=C(C2CCCCC2CCN(C)C(=O)/N=N/S(=O)(=O)c2ccccc2)C=CC1. The number of amides is 2. The number of nitrogens with zero attached hydrogens (tertiary/aromatic N) is 4. The Bertz CT molecular complexity index is 925. The summed E-state index contributed by atoms with van der Waals surface area (Å²) < 4.78 is 27.6. The van der Waals surface area contributed by atoms with E-state index < -0.39 is 16.1 Å². The summed E-state index contributed by atoms with van der Waals surface area (Å²) in [5.41, 5.74) is 1.37. The molecule has 2 amide bonds. The van der Waals surface area contributed by atoms with Gasteiger partial charge in [0.15, 0.2) is 0 Å². The fraction of sp³-hybridized carbons (Fsp3) is 0.500. The Hall–Kier alpha value is -2.48. The van der Waals surface area contributed by atoms with Crippen LogP contribution in [-0.2, 0) is 10.0 Å². The maximum atomic E-state index is 12.3. The lowest BCUT2D eigenvalue weighted by Gasteiger charge is -2.35. The van der Waals surface area contributed by atoms with E-state index in [2.05, 4.69) is 39.9 Å². The van der Waals surface area contributed by atoms with Gasteiger partial charge in [0.05, 0.1) is 4.90 Å². The molecule has 0 radical (unpaired) electrons. The van der Waals surface area contributed by atoms with Crippen LogP contribution in [0.5, 0.6) is 0 Å². The Morgan fingerprint density at radius 1 is 1.20 bits per heavy atom. The van der Waals surface area contributed by atoms with Crippen LogP contribution >= 0.6 is 0 Å². The minimum absolute atomic E-state index is 0.0213. The van der Waals surface area contributed by atoms with Crippen molar-refractivity contribution in [3.8, 4) is 0 Å². The van der Waals surface area contributed by atoms with Gasteiger partial charge in [0.1, 0.15) is 0 Å². The number of likely N-dealkylation sites (N-methyl/N-ethyl adjacent to an activating group) is 1. The summed E-state index contributed by atoms with van der Waals surface area (Å²) >= 11 is 0. The quantitative estimate of drug-likeness (QED) is 0.624. The number of urea groups is 1. The van der Waals surface area contributed by atoms with Gasteiger partial charge in [0.25, 0.3) is 10.0 Å². The Morgan fingerprint density at radius 3 is 2.67 bits per heavy atom. The molecular formula is C22H30N4O3S. The van der Waals surface area contributed by atoms with E-state index in [1.165, 1.54) is 41.9 Å². The highest BCUT2D eigenvalue weighted by molar-refractivity contribution is 7.90. The normalized spacial score (nSPS) is 22.2. The van der Waals surface area contributed by atoms with E-state index in [0.29, 0.717) is 18.4 Å². The molecule has 0 aromatic heterocycles. The second-order valence-electron chi connectivity index (χ2n) is 8.08. The van der Waals surface area contributed by atoms with E-state index in [4.69, 9.17) is 0 Å². The number of sulfonamides is 1. The van der Waals surface area contributed by atoms with Crippen LogP contribution in [0.4, 0.5) is 4.79 Å². The fourth-order valence-corrected chi connectivity index (χ4v) is 4.95. The molecule has 1 aliphatic carbocycles. The monoisotopic (exact) mass is 430 g/mol. The van der Waals surface area contributed by atoms with Crippen LogP contribution in [-0.4, -0.2) is 51.4 Å². The summed E-state index contributed by atoms with van der Waals surface area (Å²) in [6.07, 6.45) is 12.3. The lowest BCUT2D eigenvalue weighted by atomic mass is 9.73. The third-order valence-corrected chi connectivity index (χ3v) is 7.01. The van der Waals surface area contributed by atoms with Crippen molar-refractivity contribution in [2.75, 3.05) is 27.2 Å². The van der Waals surface area contributed by atoms with Gasteiger partial charge in [-0.3, -0.25) is 0 Å². The standard InChI is InChI=1S/C22H30N4O3S/c1-25-15-8-10-19(17-25)21-13-7-6-9-18(21)14-16-26(2)22(27)23-24-30(28,29)20-11-4-3-5-12-20/h3-5,8,10-12,17-18,21H,6-7,9,13-16H2,1-2H3/b24-23+. The number of benzene rings is 1. The van der Waals surface area contributed by atoms with Gasteiger partial charge in [-0.2, -0.15) is 8.42 Å². The number of carbonyl (C=O) groups excluding carboxylic acids is 1. The Labute approximate surface area is 179 Å². The fourth-order valence-electron chi connectivity index (χ4n) is 4.18. The minimum Gasteiger partial charge on any atom is -0.376 e. The minimum atomic E-state index is -3.96. The van der Waals surface area contributed by atoms with Crippen molar-refractivity contribution in [2.24, 2.45) is 21.5 Å². The molecule has 2 aliphatic rings. The topological polar surface area (TPSA) is 82.4 Å². The summed E-state index contributed by atoms with van der Waals surface area (Å²) in [6.45, 7) is 1.46. The van der Waals surface area contributed by atoms with Gasteiger partial charge in [0, 0.05) is 33.4 Å². The zero-order valence-corrected chi connectivity index (χ0v) is 18.5. The van der Waals surface area contributed by atoms with E-state index in [1.807, 2.05) is 0 Å². The summed E-state index contributed by atoms with van der Waals surface area (Å²) in [5, 5.41) is 3.45. The molecule has 0 spiro atoms. The van der Waals surface area contributed by atoms with Crippen LogP contribution in [0, 0.1) is 11.8 Å². The molecule has 30 heavy (non-hydrogen) atoms. The average Bonchev–Trinajstić information content (AvgIpc) is 2.76. The van der Waals surface area contributed by atoms with E-state index in [-0.39, 0.29) is 4.90 Å². The highest BCUT2D eigenvalue weighted by Crippen LogP contribution is 2.38. The largest absolute Gasteiger partial charge is 0.376 e. The first-order valence-electron chi connectivity index (χ1n) is 10.4. The number of carbonyl (C=O) groups is 1. The molecule has 0 bridgehead atoms. The summed E-state index contributed by atoms with van der Waals surface area (Å²) in [4.78, 5) is 16.0. The summed E-state index contributed by atoms with van der Waals surface area (Å²) in [6, 6.07) is 7.13. The van der Waals surface area contributed by atoms with Crippen molar-refractivity contribution >= 4 is 16.1 Å². The zero-order valence-electron chi connectivity index (χ0n) is 17.6. The van der Waals surface area contributed by atoms with E-state index in [1.54, 1.807) is 25.2 Å². The van der Waals surface area contributed by atoms with E-state index in [0.717, 1.165) is 19.4 Å². The molecule has 1 saturated carbocycles. The first-order valence-corrected chi connectivity index (χ1v) is 11.9. The number of hydrogen-bond donors (Lipinski definition) is 0. The Balaban J connectivity index is 1.58. The molecule has 2 atom stereocenters. The van der Waals surface area contributed by atoms with E-state index in [9.17, 15) is 13.2 Å². The van der Waals surface area contributed by atoms with Crippen LogP contribution < -0.4 is 0 Å². The Kier molecular flexibility index (Phi) is 7.42. The van der Waals surface area contributed by atoms with E-state index >= 15 is 0 Å². The number of allylic oxidation sites excluding steroid dienone is 2. The van der Waals surface area contributed by atoms with Crippen molar-refractivity contribution in [3.63, 3.8) is 0 Å². The molecule has 1 aromatic rings. The van der Waals surface area contributed by atoms with Crippen LogP contribution in [0.3, 0.4) is 0 Å². The molecule has 7 nitrogen and oxygen atoms in total. The van der Waals surface area contributed by atoms with Gasteiger partial charge >= 0.3 is 6.03 Å². The number of hydrogen-bond acceptors (Lipinski definition) is 4. The average molecular weight is 431 g/mol. The molecule has 2 unspecified atom stereocenters. The maximum Gasteiger partial charge on any atom is 0.362 e. The lowest BCUT2D eigenvalue weighted by Crippen LogP contribution is -2.30. The Morgan fingerprint density at radius 2 is 1.93 bits per heavy atom. The molecule has 1 aromatic carbocycles. The molecule has 8 heteroatoms. The van der Waals surface area contributed by atoms with Gasteiger partial charge in [0.2, 0.25) is 0 Å². The van der Waals surface area contributed by atoms with Crippen molar-refractivity contribution < 1.29 is 13.2 Å². The second kappa shape index (κ2) is 10.0. The first kappa shape index (κ1) is 22.2. The van der Waals surface area contributed by atoms with Gasteiger partial charge in [-0.05, 0) is 53.3 Å². The molecule has 1 fully saturated rings. The van der Waals surface area contributed by atoms with Crippen LogP contribution in [0.15, 0.2) is 68.8 Å². The smallest absolute Gasteiger partial charge is 0.362 e. The van der Waals surface area contributed by atoms with Gasteiger partial charge in [-0.1, -0.05) is 48.3 Å². The first-order chi connectivity index (χ1) is 14.4. The highest BCUT2D eigenvalue weighted by Gasteiger charge is 2.28. The number of rotatable bonds is 6. The predicted octanol–water partition coefficient (Wildman–Crippen LogP) is 4.46. The molecule has 1 heterocycles. The van der Waals surface area contributed by atoms with Crippen molar-refractivity contribution in [3.05, 3.63) is 54.3 Å². The van der Waals surface area contributed by atoms with Gasteiger partial charge in [-0.25, -0.2) is 4.79 Å². The molecule has 0 saturated heterocycles. The zero-order chi connectivity index (χ0) is 21.6. The highest BCUT2D eigenvalue weighted by atomic mass is 32.2. The van der Waals surface area contributed by atoms with Crippen molar-refractivity contribution in [2.45, 2.75) is 37.0 Å². The van der Waals surface area contributed by atoms with Gasteiger partial charge < -0.3 is 9.80 Å². The summed E-state index contributed by atoms with van der Waals surface area (Å²) in [5.74, 6) is 1.00. The molecule has 162 valence electrons. The van der Waals surface area contributed by atoms with Crippen LogP contribution in [0.1, 0.15) is 32.1 Å². The summed E-state index contributed by atoms with van der Waals surface area (Å²) in [7, 11) is -0.235.